The van der Waals surface area contributed by atoms with E-state index in [4.69, 9.17) is 0 Å². The quantitative estimate of drug-likeness (QED) is 0.656. The summed E-state index contributed by atoms with van der Waals surface area (Å²) >= 11 is 1.62. The standard InChI is InChI=1S/C22H21FN4O2S/c1-14(12-20-25-17-4-2-3-5-19(17)30-20)24-22(29)18-10-11-21(28)27(26-18)13-15-6-8-16(23)9-7-15/h2-9,14H,10-13H2,1H3,(H,24,29)/t14-/m0/s1. The van der Waals surface area contributed by atoms with E-state index in [0.717, 1.165) is 20.8 Å². The van der Waals surface area contributed by atoms with Gasteiger partial charge in [0.05, 0.1) is 21.8 Å². The molecule has 3 aromatic rings. The third kappa shape index (κ3) is 4.71. The van der Waals surface area contributed by atoms with Crippen LogP contribution in [0.15, 0.2) is 53.6 Å². The van der Waals surface area contributed by atoms with E-state index in [1.165, 1.54) is 17.1 Å². The van der Waals surface area contributed by atoms with Crippen molar-refractivity contribution in [1.29, 1.82) is 0 Å². The molecule has 0 unspecified atom stereocenters. The summed E-state index contributed by atoms with van der Waals surface area (Å²) in [6, 6.07) is 13.7. The van der Waals surface area contributed by atoms with Crippen LogP contribution in [0.1, 0.15) is 30.3 Å². The number of thiazole rings is 1. The highest BCUT2D eigenvalue weighted by molar-refractivity contribution is 7.18. The van der Waals surface area contributed by atoms with Crippen LogP contribution in [0.5, 0.6) is 0 Å². The lowest BCUT2D eigenvalue weighted by molar-refractivity contribution is -0.132. The number of amides is 2. The third-order valence-corrected chi connectivity index (χ3v) is 5.87. The fraction of sp³-hybridized carbons (Fsp3) is 0.273. The van der Waals surface area contributed by atoms with Gasteiger partial charge in [-0.1, -0.05) is 24.3 Å². The van der Waals surface area contributed by atoms with E-state index in [-0.39, 0.29) is 36.6 Å². The van der Waals surface area contributed by atoms with E-state index in [1.807, 2.05) is 31.2 Å². The molecule has 2 amide bonds. The van der Waals surface area contributed by atoms with Crippen LogP contribution in [-0.4, -0.2) is 33.6 Å². The number of nitrogens with zero attached hydrogens (tertiary/aromatic N) is 3. The molecule has 154 valence electrons. The van der Waals surface area contributed by atoms with Crippen molar-refractivity contribution < 1.29 is 14.0 Å². The summed E-state index contributed by atoms with van der Waals surface area (Å²) in [4.78, 5) is 29.5. The molecular weight excluding hydrogens is 403 g/mol. The Labute approximate surface area is 177 Å². The minimum absolute atomic E-state index is 0.121. The Morgan fingerprint density at radius 1 is 1.20 bits per heavy atom. The van der Waals surface area contributed by atoms with Crippen LogP contribution in [0.4, 0.5) is 4.39 Å². The van der Waals surface area contributed by atoms with E-state index >= 15 is 0 Å². The predicted octanol–water partition coefficient (Wildman–Crippen LogP) is 3.66. The van der Waals surface area contributed by atoms with E-state index < -0.39 is 0 Å². The minimum Gasteiger partial charge on any atom is -0.348 e. The highest BCUT2D eigenvalue weighted by atomic mass is 32.1. The van der Waals surface area contributed by atoms with Crippen molar-refractivity contribution in [3.63, 3.8) is 0 Å². The highest BCUT2D eigenvalue weighted by Crippen LogP contribution is 2.22. The number of aromatic nitrogens is 1. The van der Waals surface area contributed by atoms with Crippen molar-refractivity contribution in [3.8, 4) is 0 Å². The van der Waals surface area contributed by atoms with Crippen LogP contribution in [0.25, 0.3) is 10.2 Å². The van der Waals surface area contributed by atoms with Crippen molar-refractivity contribution in [2.24, 2.45) is 5.10 Å². The molecule has 0 bridgehead atoms. The fourth-order valence-corrected chi connectivity index (χ4v) is 4.37. The maximum Gasteiger partial charge on any atom is 0.267 e. The molecule has 6 nitrogen and oxygen atoms in total. The maximum absolute atomic E-state index is 13.1. The topological polar surface area (TPSA) is 74.7 Å². The van der Waals surface area contributed by atoms with Gasteiger partial charge in [-0.15, -0.1) is 11.3 Å². The SMILES string of the molecule is C[C@@H](Cc1nc2ccccc2s1)NC(=O)C1=NN(Cc2ccc(F)cc2)C(=O)CC1. The summed E-state index contributed by atoms with van der Waals surface area (Å²) in [6.07, 6.45) is 1.15. The molecule has 1 atom stereocenters. The lowest BCUT2D eigenvalue weighted by atomic mass is 10.1. The van der Waals surface area contributed by atoms with Gasteiger partial charge in [0.2, 0.25) is 5.91 Å². The Kier molecular flexibility index (Phi) is 5.85. The van der Waals surface area contributed by atoms with Crippen molar-refractivity contribution in [1.82, 2.24) is 15.3 Å². The number of fused-ring (bicyclic) bond motifs is 1. The molecule has 8 heteroatoms. The Morgan fingerprint density at radius 3 is 2.73 bits per heavy atom. The van der Waals surface area contributed by atoms with E-state index in [9.17, 15) is 14.0 Å². The van der Waals surface area contributed by atoms with Gasteiger partial charge >= 0.3 is 0 Å². The first-order chi connectivity index (χ1) is 14.5. The zero-order valence-electron chi connectivity index (χ0n) is 16.5. The average Bonchev–Trinajstić information content (AvgIpc) is 3.13. The number of benzene rings is 2. The molecule has 30 heavy (non-hydrogen) atoms. The Bertz CT molecular complexity index is 1080. The second kappa shape index (κ2) is 8.71. The molecule has 0 spiro atoms. The number of hydrazone groups is 1. The lowest BCUT2D eigenvalue weighted by Gasteiger charge is -2.24. The van der Waals surface area contributed by atoms with Gasteiger partial charge in [0.25, 0.3) is 5.91 Å². The summed E-state index contributed by atoms with van der Waals surface area (Å²) in [5, 5.41) is 9.46. The largest absolute Gasteiger partial charge is 0.348 e. The van der Waals surface area contributed by atoms with E-state index in [2.05, 4.69) is 15.4 Å². The third-order valence-electron chi connectivity index (χ3n) is 4.81. The number of carbonyl (C=O) groups is 2. The second-order valence-electron chi connectivity index (χ2n) is 7.28. The minimum atomic E-state index is -0.339. The van der Waals surface area contributed by atoms with Gasteiger partial charge in [0, 0.05) is 25.3 Å². The summed E-state index contributed by atoms with van der Waals surface area (Å²) in [7, 11) is 0. The molecule has 2 heterocycles. The summed E-state index contributed by atoms with van der Waals surface area (Å²) in [5.41, 5.74) is 2.04. The normalized spacial score (nSPS) is 15.2. The summed E-state index contributed by atoms with van der Waals surface area (Å²) < 4.78 is 14.2. The first-order valence-corrected chi connectivity index (χ1v) is 10.6. The van der Waals surface area contributed by atoms with Gasteiger partial charge in [-0.2, -0.15) is 5.10 Å². The van der Waals surface area contributed by atoms with Crippen LogP contribution in [0, 0.1) is 5.82 Å². The lowest BCUT2D eigenvalue weighted by Crippen LogP contribution is -2.42. The molecule has 0 fully saturated rings. The van der Waals surface area contributed by atoms with Gasteiger partial charge in [-0.3, -0.25) is 9.59 Å². The number of hydrogen-bond acceptors (Lipinski definition) is 5. The molecular formula is C22H21FN4O2S. The van der Waals surface area contributed by atoms with Gasteiger partial charge in [0.1, 0.15) is 11.5 Å². The van der Waals surface area contributed by atoms with E-state index in [0.29, 0.717) is 18.6 Å². The summed E-state index contributed by atoms with van der Waals surface area (Å²) in [6.45, 7) is 2.13. The molecule has 0 saturated heterocycles. The van der Waals surface area contributed by atoms with Crippen molar-refractivity contribution in [3.05, 3.63) is 64.9 Å². The van der Waals surface area contributed by atoms with Crippen LogP contribution in [0.2, 0.25) is 0 Å². The van der Waals surface area contributed by atoms with E-state index in [1.54, 1.807) is 23.5 Å². The second-order valence-corrected chi connectivity index (χ2v) is 8.39. The zero-order chi connectivity index (χ0) is 21.1. The zero-order valence-corrected chi connectivity index (χ0v) is 17.3. The number of halogens is 1. The monoisotopic (exact) mass is 424 g/mol. The van der Waals surface area contributed by atoms with Crippen LogP contribution >= 0.6 is 11.3 Å². The van der Waals surface area contributed by atoms with Crippen molar-refractivity contribution in [2.45, 2.75) is 38.8 Å². The average molecular weight is 425 g/mol. The molecule has 0 aliphatic carbocycles. The number of nitrogens with one attached hydrogen (secondary N) is 1. The van der Waals surface area contributed by atoms with Crippen molar-refractivity contribution in [2.75, 3.05) is 0 Å². The van der Waals surface area contributed by atoms with Gasteiger partial charge in [0.15, 0.2) is 0 Å². The molecule has 0 saturated carbocycles. The Morgan fingerprint density at radius 2 is 1.97 bits per heavy atom. The number of carbonyl (C=O) groups excluding carboxylic acids is 2. The molecule has 2 aromatic carbocycles. The number of hydrogen-bond donors (Lipinski definition) is 1. The first kappa shape index (κ1) is 20.2. The maximum atomic E-state index is 13.1. The summed E-state index contributed by atoms with van der Waals surface area (Å²) in [5.74, 6) is -0.770. The van der Waals surface area contributed by atoms with Gasteiger partial charge in [-0.05, 0) is 36.8 Å². The van der Waals surface area contributed by atoms with Gasteiger partial charge in [-0.25, -0.2) is 14.4 Å². The smallest absolute Gasteiger partial charge is 0.267 e. The molecule has 1 aliphatic heterocycles. The Balaban J connectivity index is 1.39. The van der Waals surface area contributed by atoms with Crippen LogP contribution < -0.4 is 5.32 Å². The first-order valence-electron chi connectivity index (χ1n) is 9.75. The molecule has 1 aromatic heterocycles. The molecule has 1 aliphatic rings. The number of para-hydroxylation sites is 1. The fourth-order valence-electron chi connectivity index (χ4n) is 3.28. The molecule has 0 radical (unpaired) electrons. The Hall–Kier alpha value is -3.13. The molecule has 4 rings (SSSR count). The van der Waals surface area contributed by atoms with Crippen LogP contribution in [0.3, 0.4) is 0 Å². The molecule has 1 N–H and O–H groups in total. The van der Waals surface area contributed by atoms with Crippen molar-refractivity contribution >= 4 is 39.1 Å². The highest BCUT2D eigenvalue weighted by Gasteiger charge is 2.25. The van der Waals surface area contributed by atoms with Crippen LogP contribution in [-0.2, 0) is 22.6 Å². The predicted molar refractivity (Wildman–Crippen MR) is 115 cm³/mol. The van der Waals surface area contributed by atoms with Gasteiger partial charge < -0.3 is 5.32 Å². The number of rotatable bonds is 6.